The number of anilines is 1. The van der Waals surface area contributed by atoms with Crippen LogP contribution in [0.15, 0.2) is 60.7 Å². The number of hydrogen-bond acceptors (Lipinski definition) is 7. The fraction of sp³-hybridized carbons (Fsp3) is 0.500. The zero-order valence-corrected chi connectivity index (χ0v) is 17.8. The Kier molecular flexibility index (Phi) is 5.73. The second-order valence-electron chi connectivity index (χ2n) is 8.59. The van der Waals surface area contributed by atoms with Gasteiger partial charge in [0.1, 0.15) is 24.4 Å². The number of aliphatic hydroxyl groups is 1. The highest BCUT2D eigenvalue weighted by Crippen LogP contribution is 2.45. The lowest BCUT2D eigenvalue weighted by Crippen LogP contribution is -2.53. The van der Waals surface area contributed by atoms with E-state index in [1.807, 2.05) is 74.5 Å². The SMILES string of the molecule is CC1(C)O[C@H]2O[C@H]3[C@H](OC(c4ccccc4)O[C@@H]3CN(CCO)c3ccccc3)[C@H]2O1. The fourth-order valence-corrected chi connectivity index (χ4v) is 4.59. The smallest absolute Gasteiger partial charge is 0.190 e. The van der Waals surface area contributed by atoms with Gasteiger partial charge in [0.25, 0.3) is 0 Å². The van der Waals surface area contributed by atoms with Crippen LogP contribution in [0.3, 0.4) is 0 Å². The van der Waals surface area contributed by atoms with Gasteiger partial charge in [0.15, 0.2) is 18.4 Å². The van der Waals surface area contributed by atoms with E-state index in [4.69, 9.17) is 23.7 Å². The van der Waals surface area contributed by atoms with Gasteiger partial charge in [0, 0.05) is 24.3 Å². The zero-order chi connectivity index (χ0) is 21.4. The first-order valence-electron chi connectivity index (χ1n) is 10.8. The largest absolute Gasteiger partial charge is 0.395 e. The highest BCUT2D eigenvalue weighted by molar-refractivity contribution is 5.46. The molecule has 2 aromatic carbocycles. The van der Waals surface area contributed by atoms with Crippen molar-refractivity contribution in [2.24, 2.45) is 0 Å². The van der Waals surface area contributed by atoms with Crippen LogP contribution in [0.25, 0.3) is 0 Å². The van der Waals surface area contributed by atoms with Crippen LogP contribution in [0.1, 0.15) is 25.7 Å². The predicted molar refractivity (Wildman–Crippen MR) is 113 cm³/mol. The van der Waals surface area contributed by atoms with E-state index in [1.165, 1.54) is 0 Å². The van der Waals surface area contributed by atoms with Crippen LogP contribution in [0, 0.1) is 0 Å². The summed E-state index contributed by atoms with van der Waals surface area (Å²) in [5.41, 5.74) is 1.97. The van der Waals surface area contributed by atoms with Crippen LogP contribution in [-0.4, -0.2) is 61.3 Å². The summed E-state index contributed by atoms with van der Waals surface area (Å²) in [5, 5.41) is 9.66. The molecule has 31 heavy (non-hydrogen) atoms. The average Bonchev–Trinajstić information content (AvgIpc) is 3.26. The molecule has 3 fully saturated rings. The predicted octanol–water partition coefficient (Wildman–Crippen LogP) is 2.84. The van der Waals surface area contributed by atoms with Crippen molar-refractivity contribution in [3.8, 4) is 0 Å². The van der Waals surface area contributed by atoms with E-state index in [2.05, 4.69) is 4.90 Å². The Morgan fingerprint density at radius 3 is 2.26 bits per heavy atom. The summed E-state index contributed by atoms with van der Waals surface area (Å²) < 4.78 is 31.1. The number of fused-ring (bicyclic) bond motifs is 3. The van der Waals surface area contributed by atoms with Gasteiger partial charge in [0.2, 0.25) is 0 Å². The first kappa shape index (κ1) is 20.9. The average molecular weight is 427 g/mol. The van der Waals surface area contributed by atoms with Gasteiger partial charge in [0.05, 0.1) is 6.61 Å². The first-order chi connectivity index (χ1) is 15.0. The number of ether oxygens (including phenoxy) is 5. The van der Waals surface area contributed by atoms with Crippen LogP contribution in [0.4, 0.5) is 5.69 Å². The monoisotopic (exact) mass is 427 g/mol. The third-order valence-corrected chi connectivity index (χ3v) is 5.94. The lowest BCUT2D eigenvalue weighted by atomic mass is 10.0. The third-order valence-electron chi connectivity index (χ3n) is 5.94. The van der Waals surface area contributed by atoms with Crippen molar-refractivity contribution in [1.82, 2.24) is 0 Å². The Morgan fingerprint density at radius 2 is 1.55 bits per heavy atom. The van der Waals surface area contributed by atoms with Crippen molar-refractivity contribution < 1.29 is 28.8 Å². The molecule has 3 saturated heterocycles. The number of benzene rings is 2. The van der Waals surface area contributed by atoms with Gasteiger partial charge in [-0.15, -0.1) is 0 Å². The summed E-state index contributed by atoms with van der Waals surface area (Å²) in [6.07, 6.45) is -2.29. The minimum absolute atomic E-state index is 0.0425. The summed E-state index contributed by atoms with van der Waals surface area (Å²) in [4.78, 5) is 2.11. The topological polar surface area (TPSA) is 69.6 Å². The molecule has 0 saturated carbocycles. The Balaban J connectivity index is 1.42. The molecule has 166 valence electrons. The van der Waals surface area contributed by atoms with Gasteiger partial charge >= 0.3 is 0 Å². The number of rotatable bonds is 6. The van der Waals surface area contributed by atoms with Crippen molar-refractivity contribution in [3.05, 3.63) is 66.2 Å². The molecule has 0 aliphatic carbocycles. The van der Waals surface area contributed by atoms with Gasteiger partial charge in [-0.1, -0.05) is 48.5 Å². The van der Waals surface area contributed by atoms with E-state index in [-0.39, 0.29) is 31.0 Å². The second kappa shape index (κ2) is 8.50. The summed E-state index contributed by atoms with van der Waals surface area (Å²) in [7, 11) is 0. The molecule has 2 aromatic rings. The Morgan fingerprint density at radius 1 is 0.839 bits per heavy atom. The summed E-state index contributed by atoms with van der Waals surface area (Å²) in [5.74, 6) is -0.716. The molecular weight excluding hydrogens is 398 g/mol. The lowest BCUT2D eigenvalue weighted by Gasteiger charge is -2.41. The molecule has 0 spiro atoms. The van der Waals surface area contributed by atoms with Gasteiger partial charge < -0.3 is 33.7 Å². The van der Waals surface area contributed by atoms with Crippen molar-refractivity contribution in [2.45, 2.75) is 56.6 Å². The van der Waals surface area contributed by atoms with Gasteiger partial charge in [-0.05, 0) is 26.0 Å². The summed E-state index contributed by atoms with van der Waals surface area (Å²) >= 11 is 0. The Hall–Kier alpha value is -2.00. The molecule has 0 aromatic heterocycles. The molecule has 3 heterocycles. The zero-order valence-electron chi connectivity index (χ0n) is 17.8. The van der Waals surface area contributed by atoms with Crippen molar-refractivity contribution >= 4 is 5.69 Å². The second-order valence-corrected chi connectivity index (χ2v) is 8.59. The summed E-state index contributed by atoms with van der Waals surface area (Å²) in [6.45, 7) is 4.84. The van der Waals surface area contributed by atoms with Crippen molar-refractivity contribution in [3.63, 3.8) is 0 Å². The van der Waals surface area contributed by atoms with E-state index < -0.39 is 18.4 Å². The molecule has 0 amide bonds. The Bertz CT molecular complexity index is 863. The number of para-hydroxylation sites is 1. The maximum atomic E-state index is 9.66. The molecular formula is C24H29NO6. The van der Waals surface area contributed by atoms with Crippen LogP contribution >= 0.6 is 0 Å². The third kappa shape index (κ3) is 4.22. The standard InChI is InChI=1S/C24H29NO6/c1-24(2)30-21-20-19(28-23(21)31-24)18(27-22(29-20)16-9-5-3-6-10-16)15-25(13-14-26)17-11-7-4-8-12-17/h3-12,18-23,26H,13-15H2,1-2H3/t18-,19-,20+,21-,22?,23-/m1/s1. The Labute approximate surface area is 182 Å². The van der Waals surface area contributed by atoms with Gasteiger partial charge in [-0.25, -0.2) is 0 Å². The quantitative estimate of drug-likeness (QED) is 0.760. The number of nitrogens with zero attached hydrogens (tertiary/aromatic N) is 1. The van der Waals surface area contributed by atoms with Crippen LogP contribution in [0.2, 0.25) is 0 Å². The molecule has 7 heteroatoms. The van der Waals surface area contributed by atoms with Crippen molar-refractivity contribution in [1.29, 1.82) is 0 Å². The van der Waals surface area contributed by atoms with E-state index in [0.29, 0.717) is 13.1 Å². The van der Waals surface area contributed by atoms with Crippen molar-refractivity contribution in [2.75, 3.05) is 24.6 Å². The van der Waals surface area contributed by atoms with E-state index >= 15 is 0 Å². The lowest BCUT2D eigenvalue weighted by molar-refractivity contribution is -0.307. The maximum Gasteiger partial charge on any atom is 0.190 e. The molecule has 3 aliphatic rings. The molecule has 0 bridgehead atoms. The first-order valence-corrected chi connectivity index (χ1v) is 10.8. The molecule has 3 aliphatic heterocycles. The van der Waals surface area contributed by atoms with Gasteiger partial charge in [-0.3, -0.25) is 0 Å². The molecule has 7 nitrogen and oxygen atoms in total. The fourth-order valence-electron chi connectivity index (χ4n) is 4.59. The van der Waals surface area contributed by atoms with Gasteiger partial charge in [-0.2, -0.15) is 0 Å². The van der Waals surface area contributed by atoms with E-state index in [1.54, 1.807) is 0 Å². The number of aliphatic hydroxyl groups excluding tert-OH is 1. The highest BCUT2D eigenvalue weighted by atomic mass is 16.9. The van der Waals surface area contributed by atoms with Crippen LogP contribution in [0.5, 0.6) is 0 Å². The molecule has 1 N–H and O–H groups in total. The minimum atomic E-state index is -0.716. The van der Waals surface area contributed by atoms with E-state index in [0.717, 1.165) is 11.3 Å². The maximum absolute atomic E-state index is 9.66. The van der Waals surface area contributed by atoms with Crippen LogP contribution < -0.4 is 4.90 Å². The number of hydrogen-bond donors (Lipinski definition) is 1. The molecule has 6 atom stereocenters. The minimum Gasteiger partial charge on any atom is -0.395 e. The van der Waals surface area contributed by atoms with Crippen LogP contribution in [-0.2, 0) is 23.7 Å². The molecule has 1 unspecified atom stereocenters. The molecule has 0 radical (unpaired) electrons. The van der Waals surface area contributed by atoms with E-state index in [9.17, 15) is 5.11 Å². The molecule has 5 rings (SSSR count). The highest BCUT2D eigenvalue weighted by Gasteiger charge is 2.60. The summed E-state index contributed by atoms with van der Waals surface area (Å²) in [6, 6.07) is 19.9. The normalized spacial score (nSPS) is 33.6.